The van der Waals surface area contributed by atoms with Gasteiger partial charge in [0.05, 0.1) is 6.54 Å². The van der Waals surface area contributed by atoms with Gasteiger partial charge in [-0.1, -0.05) is 18.2 Å². The number of halogens is 2. The van der Waals surface area contributed by atoms with Crippen molar-refractivity contribution in [2.24, 2.45) is 4.99 Å². The van der Waals surface area contributed by atoms with Crippen molar-refractivity contribution in [1.29, 1.82) is 0 Å². The number of hydrogen-bond acceptors (Lipinski definition) is 2. The summed E-state index contributed by atoms with van der Waals surface area (Å²) in [7, 11) is 1.82. The van der Waals surface area contributed by atoms with Crippen molar-refractivity contribution >= 4 is 46.5 Å². The smallest absolute Gasteiger partial charge is 0.194 e. The number of piperazine rings is 1. The zero-order chi connectivity index (χ0) is 18.6. The van der Waals surface area contributed by atoms with E-state index in [-0.39, 0.29) is 29.8 Å². The van der Waals surface area contributed by atoms with Crippen LogP contribution in [0.25, 0.3) is 10.9 Å². The predicted molar refractivity (Wildman–Crippen MR) is 124 cm³/mol. The molecule has 1 fully saturated rings. The number of aromatic nitrogens is 1. The minimum Gasteiger partial charge on any atom is -0.368 e. The van der Waals surface area contributed by atoms with Crippen LogP contribution in [0.15, 0.2) is 59.6 Å². The highest BCUT2D eigenvalue weighted by Gasteiger charge is 2.19. The summed E-state index contributed by atoms with van der Waals surface area (Å²) in [5, 5.41) is 4.67. The maximum atomic E-state index is 13.1. The van der Waals surface area contributed by atoms with E-state index in [1.807, 2.05) is 31.3 Å². The number of anilines is 1. The number of guanidine groups is 1. The quantitative estimate of drug-likeness (QED) is 0.332. The van der Waals surface area contributed by atoms with Crippen molar-refractivity contribution in [3.05, 3.63) is 66.1 Å². The summed E-state index contributed by atoms with van der Waals surface area (Å²) >= 11 is 0. The first-order valence-corrected chi connectivity index (χ1v) is 9.26. The largest absolute Gasteiger partial charge is 0.368 e. The maximum Gasteiger partial charge on any atom is 0.194 e. The number of nitrogens with one attached hydrogen (secondary N) is 2. The number of fused-ring (bicyclic) bond motifs is 1. The van der Waals surface area contributed by atoms with Crippen molar-refractivity contribution < 1.29 is 4.39 Å². The monoisotopic (exact) mass is 493 g/mol. The highest BCUT2D eigenvalue weighted by atomic mass is 127. The molecule has 0 unspecified atom stereocenters. The van der Waals surface area contributed by atoms with Crippen LogP contribution in [0, 0.1) is 5.82 Å². The van der Waals surface area contributed by atoms with E-state index >= 15 is 0 Å². The van der Waals surface area contributed by atoms with E-state index in [2.05, 4.69) is 43.3 Å². The van der Waals surface area contributed by atoms with Crippen molar-refractivity contribution in [3.63, 3.8) is 0 Å². The SMILES string of the molecule is CN=C(NCc1cc2ccccc2[nH]1)N1CCN(c2ccc(F)cc2)CC1.I. The summed E-state index contributed by atoms with van der Waals surface area (Å²) in [6, 6.07) is 17.2. The number of rotatable bonds is 3. The Morgan fingerprint density at radius 2 is 1.79 bits per heavy atom. The fraction of sp³-hybridized carbons (Fsp3) is 0.286. The number of H-pyrrole nitrogens is 1. The summed E-state index contributed by atoms with van der Waals surface area (Å²) in [5.74, 6) is 0.714. The minimum absolute atomic E-state index is 0. The summed E-state index contributed by atoms with van der Waals surface area (Å²) < 4.78 is 13.1. The van der Waals surface area contributed by atoms with E-state index in [0.717, 1.165) is 49.0 Å². The van der Waals surface area contributed by atoms with Gasteiger partial charge in [0.2, 0.25) is 0 Å². The number of para-hydroxylation sites is 1. The van der Waals surface area contributed by atoms with Crippen LogP contribution in [-0.2, 0) is 6.54 Å². The zero-order valence-corrected chi connectivity index (χ0v) is 18.2. The molecule has 2 aromatic carbocycles. The first-order chi connectivity index (χ1) is 13.2. The third kappa shape index (κ3) is 4.57. The Bertz CT molecular complexity index is 896. The van der Waals surface area contributed by atoms with Gasteiger partial charge in [0.15, 0.2) is 5.96 Å². The molecular formula is C21H25FIN5. The van der Waals surface area contributed by atoms with Gasteiger partial charge in [0.25, 0.3) is 0 Å². The van der Waals surface area contributed by atoms with Crippen molar-refractivity contribution in [3.8, 4) is 0 Å². The molecule has 1 aliphatic heterocycles. The lowest BCUT2D eigenvalue weighted by molar-refractivity contribution is 0.372. The van der Waals surface area contributed by atoms with E-state index in [1.165, 1.54) is 17.5 Å². The van der Waals surface area contributed by atoms with Gasteiger partial charge in [0.1, 0.15) is 5.82 Å². The molecule has 7 heteroatoms. The molecular weight excluding hydrogens is 468 g/mol. The second kappa shape index (κ2) is 9.27. The first kappa shape index (κ1) is 20.4. The van der Waals surface area contributed by atoms with Gasteiger partial charge < -0.3 is 20.1 Å². The number of hydrogen-bond donors (Lipinski definition) is 2. The Balaban J connectivity index is 0.00000225. The molecule has 0 spiro atoms. The molecule has 1 aliphatic rings. The second-order valence-corrected chi connectivity index (χ2v) is 6.73. The number of aliphatic imine (C=N–C) groups is 1. The molecule has 0 amide bonds. The van der Waals surface area contributed by atoms with Gasteiger partial charge >= 0.3 is 0 Å². The summed E-state index contributed by atoms with van der Waals surface area (Å²) in [4.78, 5) is 12.4. The molecule has 1 aromatic heterocycles. The van der Waals surface area contributed by atoms with Crippen LogP contribution in [0.2, 0.25) is 0 Å². The molecule has 2 heterocycles. The van der Waals surface area contributed by atoms with Gasteiger partial charge in [-0.25, -0.2) is 4.39 Å². The topological polar surface area (TPSA) is 46.7 Å². The number of aromatic amines is 1. The molecule has 0 aliphatic carbocycles. The van der Waals surface area contributed by atoms with Crippen molar-refractivity contribution in [1.82, 2.24) is 15.2 Å². The summed E-state index contributed by atoms with van der Waals surface area (Å²) in [6.45, 7) is 4.24. The standard InChI is InChI=1S/C21H24FN5.HI/c1-23-21(24-15-18-14-16-4-2-3-5-20(16)25-18)27-12-10-26(11-13-27)19-8-6-17(22)7-9-19;/h2-9,14,25H,10-13,15H2,1H3,(H,23,24);1H. The molecule has 148 valence electrons. The fourth-order valence-electron chi connectivity index (χ4n) is 3.56. The Morgan fingerprint density at radius 3 is 2.46 bits per heavy atom. The van der Waals surface area contributed by atoms with Gasteiger partial charge in [0, 0.05) is 50.1 Å². The van der Waals surface area contributed by atoms with Crippen LogP contribution >= 0.6 is 24.0 Å². The Morgan fingerprint density at radius 1 is 1.07 bits per heavy atom. The minimum atomic E-state index is -0.195. The van der Waals surface area contributed by atoms with Crippen molar-refractivity contribution in [2.45, 2.75) is 6.54 Å². The van der Waals surface area contributed by atoms with Gasteiger partial charge in [-0.2, -0.15) is 0 Å². The molecule has 4 rings (SSSR count). The Kier molecular flexibility index (Phi) is 6.77. The van der Waals surface area contributed by atoms with Crippen LogP contribution in [0.1, 0.15) is 5.69 Å². The summed E-state index contributed by atoms with van der Waals surface area (Å²) in [5.41, 5.74) is 3.36. The third-order valence-corrected chi connectivity index (χ3v) is 5.01. The van der Waals surface area contributed by atoms with Gasteiger partial charge in [-0.15, -0.1) is 24.0 Å². The van der Waals surface area contributed by atoms with Crippen LogP contribution in [0.3, 0.4) is 0 Å². The van der Waals surface area contributed by atoms with Gasteiger partial charge in [-0.3, -0.25) is 4.99 Å². The summed E-state index contributed by atoms with van der Waals surface area (Å²) in [6.07, 6.45) is 0. The lowest BCUT2D eigenvalue weighted by Crippen LogP contribution is -2.52. The van der Waals surface area contributed by atoms with Crippen LogP contribution in [-0.4, -0.2) is 49.1 Å². The molecule has 0 saturated carbocycles. The highest BCUT2D eigenvalue weighted by Crippen LogP contribution is 2.17. The lowest BCUT2D eigenvalue weighted by Gasteiger charge is -2.37. The van der Waals surface area contributed by atoms with Gasteiger partial charge in [-0.05, 0) is 41.8 Å². The fourth-order valence-corrected chi connectivity index (χ4v) is 3.56. The van der Waals surface area contributed by atoms with E-state index < -0.39 is 0 Å². The Hall–Kier alpha value is -2.29. The second-order valence-electron chi connectivity index (χ2n) is 6.73. The third-order valence-electron chi connectivity index (χ3n) is 5.01. The molecule has 1 saturated heterocycles. The van der Waals surface area contributed by atoms with Crippen LogP contribution in [0.4, 0.5) is 10.1 Å². The zero-order valence-electron chi connectivity index (χ0n) is 15.9. The normalized spacial score (nSPS) is 14.9. The molecule has 2 N–H and O–H groups in total. The molecule has 5 nitrogen and oxygen atoms in total. The predicted octanol–water partition coefficient (Wildman–Crippen LogP) is 3.82. The number of benzene rings is 2. The molecule has 0 bridgehead atoms. The first-order valence-electron chi connectivity index (χ1n) is 9.26. The highest BCUT2D eigenvalue weighted by molar-refractivity contribution is 14.0. The molecule has 3 aromatic rings. The molecule has 0 atom stereocenters. The van der Waals surface area contributed by atoms with Crippen LogP contribution < -0.4 is 10.2 Å². The Labute approximate surface area is 181 Å². The average molecular weight is 493 g/mol. The van der Waals surface area contributed by atoms with Crippen LogP contribution in [0.5, 0.6) is 0 Å². The van der Waals surface area contributed by atoms with E-state index in [0.29, 0.717) is 6.54 Å². The number of nitrogens with zero attached hydrogens (tertiary/aromatic N) is 3. The van der Waals surface area contributed by atoms with E-state index in [1.54, 1.807) is 0 Å². The van der Waals surface area contributed by atoms with E-state index in [4.69, 9.17) is 0 Å². The molecule has 0 radical (unpaired) electrons. The van der Waals surface area contributed by atoms with E-state index in [9.17, 15) is 4.39 Å². The van der Waals surface area contributed by atoms with Crippen molar-refractivity contribution in [2.75, 3.05) is 38.1 Å². The lowest BCUT2D eigenvalue weighted by atomic mass is 10.2. The maximum absolute atomic E-state index is 13.1. The molecule has 28 heavy (non-hydrogen) atoms. The average Bonchev–Trinajstić information content (AvgIpc) is 3.12.